The molecule has 0 saturated carbocycles. The molecule has 0 unspecified atom stereocenters. The van der Waals surface area contributed by atoms with E-state index in [2.05, 4.69) is 266 Å². The Morgan fingerprint density at radius 1 is 0.290 bits per heavy atom. The Morgan fingerprint density at radius 2 is 0.754 bits per heavy atom. The second kappa shape index (κ2) is 16.7. The Labute approximate surface area is 402 Å². The zero-order chi connectivity index (χ0) is 45.7. The van der Waals surface area contributed by atoms with Crippen molar-refractivity contribution in [2.45, 2.75) is 5.41 Å². The Kier molecular flexibility index (Phi) is 9.77. The average molecular weight is 880 g/mol. The second-order valence-corrected chi connectivity index (χ2v) is 18.0. The van der Waals surface area contributed by atoms with Crippen LogP contribution in [0.5, 0.6) is 0 Å². The number of anilines is 3. The van der Waals surface area contributed by atoms with Crippen LogP contribution in [0.4, 0.5) is 17.1 Å². The molecule has 1 aliphatic carbocycles. The number of fused-ring (bicyclic) bond motifs is 6. The highest BCUT2D eigenvalue weighted by Crippen LogP contribution is 2.58. The van der Waals surface area contributed by atoms with E-state index < -0.39 is 5.41 Å². The first-order valence-electron chi connectivity index (χ1n) is 23.7. The minimum Gasteiger partial charge on any atom is -0.455 e. The lowest BCUT2D eigenvalue weighted by Gasteiger charge is -2.34. The fourth-order valence-corrected chi connectivity index (χ4v) is 11.0. The van der Waals surface area contributed by atoms with Gasteiger partial charge in [-0.1, -0.05) is 231 Å². The highest BCUT2D eigenvalue weighted by Gasteiger charge is 2.46. The van der Waals surface area contributed by atoms with Gasteiger partial charge in [0.25, 0.3) is 0 Å². The summed E-state index contributed by atoms with van der Waals surface area (Å²) in [6.07, 6.45) is 0. The van der Waals surface area contributed by atoms with Crippen molar-refractivity contribution in [3.05, 3.63) is 295 Å². The lowest BCUT2D eigenvalue weighted by molar-refractivity contribution is 0.670. The molecular weight excluding hydrogens is 835 g/mol. The maximum absolute atomic E-state index is 6.48. The van der Waals surface area contributed by atoms with Gasteiger partial charge < -0.3 is 9.32 Å². The van der Waals surface area contributed by atoms with Crippen molar-refractivity contribution in [3.8, 4) is 55.6 Å². The summed E-state index contributed by atoms with van der Waals surface area (Å²) in [5, 5.41) is 2.26. The smallest absolute Gasteiger partial charge is 0.143 e. The van der Waals surface area contributed by atoms with Crippen molar-refractivity contribution in [1.82, 2.24) is 0 Å². The molecule has 0 amide bonds. The quantitative estimate of drug-likeness (QED) is 0.144. The first kappa shape index (κ1) is 40.3. The third-order valence-electron chi connectivity index (χ3n) is 14.2. The molecule has 1 heterocycles. The van der Waals surface area contributed by atoms with Gasteiger partial charge in [0.2, 0.25) is 0 Å². The second-order valence-electron chi connectivity index (χ2n) is 18.0. The summed E-state index contributed by atoms with van der Waals surface area (Å²) < 4.78 is 6.48. The molecule has 1 aromatic heterocycles. The molecule has 0 atom stereocenters. The summed E-state index contributed by atoms with van der Waals surface area (Å²) >= 11 is 0. The molecule has 0 saturated heterocycles. The number of furan rings is 1. The van der Waals surface area contributed by atoms with E-state index in [1.165, 1.54) is 61.2 Å². The van der Waals surface area contributed by atoms with Crippen molar-refractivity contribution in [2.75, 3.05) is 4.90 Å². The lowest BCUT2D eigenvalue weighted by Crippen LogP contribution is -2.28. The van der Waals surface area contributed by atoms with Gasteiger partial charge in [0, 0.05) is 33.4 Å². The zero-order valence-corrected chi connectivity index (χ0v) is 37.8. The van der Waals surface area contributed by atoms with Gasteiger partial charge in [0.05, 0.1) is 5.41 Å². The van der Waals surface area contributed by atoms with Gasteiger partial charge in [-0.3, -0.25) is 0 Å². The minimum absolute atomic E-state index is 0.462. The molecule has 0 bridgehead atoms. The molecule has 69 heavy (non-hydrogen) atoms. The van der Waals surface area contributed by atoms with Crippen LogP contribution in [0, 0.1) is 0 Å². The van der Waals surface area contributed by atoms with Crippen LogP contribution < -0.4 is 4.90 Å². The third kappa shape index (κ3) is 6.72. The predicted octanol–water partition coefficient (Wildman–Crippen LogP) is 18.1. The first-order valence-corrected chi connectivity index (χ1v) is 23.7. The molecule has 2 nitrogen and oxygen atoms in total. The highest BCUT2D eigenvalue weighted by atomic mass is 16.3. The summed E-state index contributed by atoms with van der Waals surface area (Å²) in [6, 6.07) is 99.1. The third-order valence-corrected chi connectivity index (χ3v) is 14.2. The number of hydrogen-bond acceptors (Lipinski definition) is 2. The van der Waals surface area contributed by atoms with Gasteiger partial charge in [0.15, 0.2) is 0 Å². The van der Waals surface area contributed by atoms with Crippen molar-refractivity contribution in [3.63, 3.8) is 0 Å². The van der Waals surface area contributed by atoms with E-state index >= 15 is 0 Å². The van der Waals surface area contributed by atoms with Crippen LogP contribution in [0.1, 0.15) is 22.3 Å². The van der Waals surface area contributed by atoms with E-state index in [0.29, 0.717) is 0 Å². The molecule has 0 aliphatic heterocycles. The molecule has 11 aromatic carbocycles. The van der Waals surface area contributed by atoms with Gasteiger partial charge in [-0.15, -0.1) is 0 Å². The molecule has 0 radical (unpaired) electrons. The lowest BCUT2D eigenvalue weighted by atomic mass is 9.67. The predicted molar refractivity (Wildman–Crippen MR) is 287 cm³/mol. The summed E-state index contributed by atoms with van der Waals surface area (Å²) in [6.45, 7) is 0. The average Bonchev–Trinajstić information content (AvgIpc) is 3.97. The monoisotopic (exact) mass is 879 g/mol. The summed E-state index contributed by atoms with van der Waals surface area (Å²) in [5.41, 5.74) is 21.5. The van der Waals surface area contributed by atoms with Crippen LogP contribution in [0.25, 0.3) is 77.6 Å². The Morgan fingerprint density at radius 3 is 1.45 bits per heavy atom. The van der Waals surface area contributed by atoms with Crippen molar-refractivity contribution in [2.24, 2.45) is 0 Å². The van der Waals surface area contributed by atoms with Crippen LogP contribution >= 0.6 is 0 Å². The number of benzene rings is 11. The van der Waals surface area contributed by atoms with E-state index in [9.17, 15) is 0 Å². The van der Waals surface area contributed by atoms with Gasteiger partial charge in [-0.25, -0.2) is 0 Å². The standard InChI is InChI=1S/C67H45NO/c1-4-17-46(18-5-1)47-33-35-48(36-34-47)51-19-14-24-56(45-51)68(55-43-39-50(40-44-55)58-28-15-29-60-59-25-11-13-32-64(59)69-66(58)60)54-41-37-49(38-42-54)57-27-16-31-63-65(57)61-26-10-12-30-62(61)67(63,52-20-6-2-7-21-52)53-22-8-3-9-23-53/h1-45H. The largest absolute Gasteiger partial charge is 0.455 e. The van der Waals surface area contributed by atoms with Gasteiger partial charge in [0.1, 0.15) is 11.2 Å². The maximum atomic E-state index is 6.48. The Bertz CT molecular complexity index is 3760. The van der Waals surface area contributed by atoms with Gasteiger partial charge in [-0.2, -0.15) is 0 Å². The van der Waals surface area contributed by atoms with Crippen LogP contribution in [0.15, 0.2) is 277 Å². The maximum Gasteiger partial charge on any atom is 0.143 e. The topological polar surface area (TPSA) is 16.4 Å². The van der Waals surface area contributed by atoms with Crippen molar-refractivity contribution >= 4 is 39.0 Å². The molecule has 0 N–H and O–H groups in total. The molecule has 2 heteroatoms. The molecule has 0 spiro atoms. The van der Waals surface area contributed by atoms with Crippen LogP contribution in [0.2, 0.25) is 0 Å². The SMILES string of the molecule is c1ccc(-c2ccc(-c3cccc(N(c4ccc(-c5cccc6c5-c5ccccc5C6(c5ccccc5)c5ccccc5)cc4)c4ccc(-c5cccc6c5oc5ccccc56)cc4)c3)cc2)cc1. The van der Waals surface area contributed by atoms with E-state index in [4.69, 9.17) is 4.42 Å². The first-order chi connectivity index (χ1) is 34.2. The highest BCUT2D eigenvalue weighted by molar-refractivity contribution is 6.09. The van der Waals surface area contributed by atoms with E-state index in [-0.39, 0.29) is 0 Å². The zero-order valence-electron chi connectivity index (χ0n) is 37.8. The van der Waals surface area contributed by atoms with Gasteiger partial charge in [-0.05, 0) is 115 Å². The minimum atomic E-state index is -0.462. The van der Waals surface area contributed by atoms with Crippen LogP contribution in [-0.4, -0.2) is 0 Å². The van der Waals surface area contributed by atoms with Crippen molar-refractivity contribution < 1.29 is 4.42 Å². The molecular formula is C67H45NO. The number of nitrogens with zero attached hydrogens (tertiary/aromatic N) is 1. The number of rotatable bonds is 9. The van der Waals surface area contributed by atoms with Crippen LogP contribution in [0.3, 0.4) is 0 Å². The number of para-hydroxylation sites is 2. The molecule has 13 rings (SSSR count). The summed E-state index contributed by atoms with van der Waals surface area (Å²) in [4.78, 5) is 2.37. The summed E-state index contributed by atoms with van der Waals surface area (Å²) in [7, 11) is 0. The normalized spacial score (nSPS) is 12.5. The fourth-order valence-electron chi connectivity index (χ4n) is 11.0. The fraction of sp³-hybridized carbons (Fsp3) is 0.0149. The Hall–Kier alpha value is -8.98. The van der Waals surface area contributed by atoms with E-state index in [1.54, 1.807) is 0 Å². The molecule has 12 aromatic rings. The molecule has 324 valence electrons. The van der Waals surface area contributed by atoms with Crippen LogP contribution in [-0.2, 0) is 5.41 Å². The molecule has 1 aliphatic rings. The van der Waals surface area contributed by atoms with E-state index in [0.717, 1.165) is 55.7 Å². The molecule has 0 fully saturated rings. The van der Waals surface area contributed by atoms with E-state index in [1.807, 2.05) is 12.1 Å². The van der Waals surface area contributed by atoms with Gasteiger partial charge >= 0.3 is 0 Å². The van der Waals surface area contributed by atoms with Crippen molar-refractivity contribution in [1.29, 1.82) is 0 Å². The number of hydrogen-bond donors (Lipinski definition) is 0. The summed E-state index contributed by atoms with van der Waals surface area (Å²) in [5.74, 6) is 0. The Balaban J connectivity index is 0.926.